The van der Waals surface area contributed by atoms with E-state index in [0.717, 1.165) is 46.0 Å². The topological polar surface area (TPSA) is 56.8 Å². The van der Waals surface area contributed by atoms with Gasteiger partial charge in [0, 0.05) is 46.2 Å². The minimum absolute atomic E-state index is 0.173. The molecule has 1 aliphatic heterocycles. The quantitative estimate of drug-likeness (QED) is 0.291. The SMILES string of the molecule is COc1cc2c(cc1OC)[C@@H](c1cccc(Oc3ccccc3)c1)C1=C(C[C@H](c3cccs3)CC1=O)N2. The Hall–Kier alpha value is -4.03. The monoisotopic (exact) mass is 509 g/mol. The maximum Gasteiger partial charge on any atom is 0.162 e. The van der Waals surface area contributed by atoms with Crippen molar-refractivity contribution >= 4 is 22.8 Å². The Bertz CT molecular complexity index is 1480. The van der Waals surface area contributed by atoms with Crippen molar-refractivity contribution in [3.05, 3.63) is 112 Å². The zero-order chi connectivity index (χ0) is 25.4. The molecule has 4 aromatic rings. The van der Waals surface area contributed by atoms with Crippen molar-refractivity contribution in [3.63, 3.8) is 0 Å². The molecule has 0 saturated carbocycles. The van der Waals surface area contributed by atoms with E-state index in [9.17, 15) is 4.79 Å². The number of ether oxygens (including phenoxy) is 3. The minimum Gasteiger partial charge on any atom is -0.493 e. The van der Waals surface area contributed by atoms with Gasteiger partial charge < -0.3 is 19.5 Å². The van der Waals surface area contributed by atoms with Gasteiger partial charge in [0.05, 0.1) is 14.2 Å². The molecule has 1 aromatic heterocycles. The van der Waals surface area contributed by atoms with Gasteiger partial charge in [-0.1, -0.05) is 36.4 Å². The van der Waals surface area contributed by atoms with Gasteiger partial charge in [-0.3, -0.25) is 4.79 Å². The number of carbonyl (C=O) groups excluding carboxylic acids is 1. The molecule has 1 aliphatic carbocycles. The number of Topliss-reactive ketones (excluding diaryl/α,β-unsaturated/α-hetero) is 1. The van der Waals surface area contributed by atoms with Crippen LogP contribution >= 0.6 is 11.3 Å². The fraction of sp³-hybridized carbons (Fsp3) is 0.194. The van der Waals surface area contributed by atoms with E-state index in [1.165, 1.54) is 4.88 Å². The molecule has 1 N–H and O–H groups in total. The summed E-state index contributed by atoms with van der Waals surface area (Å²) in [5.41, 5.74) is 4.71. The lowest BCUT2D eigenvalue weighted by atomic mass is 9.73. The molecule has 6 heteroatoms. The number of nitrogens with one attached hydrogen (secondary N) is 1. The first-order valence-corrected chi connectivity index (χ1v) is 13.2. The average molecular weight is 510 g/mol. The maximum atomic E-state index is 13.8. The zero-order valence-corrected chi connectivity index (χ0v) is 21.5. The Labute approximate surface area is 220 Å². The first-order valence-electron chi connectivity index (χ1n) is 12.3. The minimum atomic E-state index is -0.248. The van der Waals surface area contributed by atoms with Crippen molar-refractivity contribution in [1.82, 2.24) is 0 Å². The van der Waals surface area contributed by atoms with Gasteiger partial charge in [-0.25, -0.2) is 0 Å². The molecule has 6 rings (SSSR count). The largest absolute Gasteiger partial charge is 0.493 e. The molecule has 0 bridgehead atoms. The molecule has 0 amide bonds. The van der Waals surface area contributed by atoms with Crippen molar-refractivity contribution in [3.8, 4) is 23.0 Å². The molecule has 5 nitrogen and oxygen atoms in total. The van der Waals surface area contributed by atoms with E-state index in [-0.39, 0.29) is 17.6 Å². The molecule has 2 atom stereocenters. The van der Waals surface area contributed by atoms with Crippen molar-refractivity contribution in [2.24, 2.45) is 0 Å². The van der Waals surface area contributed by atoms with Crippen molar-refractivity contribution in [2.45, 2.75) is 24.7 Å². The normalized spacial score (nSPS) is 18.5. The highest BCUT2D eigenvalue weighted by Gasteiger charge is 2.39. The number of fused-ring (bicyclic) bond motifs is 1. The Morgan fingerprint density at radius 1 is 0.838 bits per heavy atom. The van der Waals surface area contributed by atoms with Gasteiger partial charge in [-0.2, -0.15) is 0 Å². The lowest BCUT2D eigenvalue weighted by Crippen LogP contribution is -2.29. The van der Waals surface area contributed by atoms with Crippen LogP contribution in [-0.4, -0.2) is 20.0 Å². The second kappa shape index (κ2) is 9.79. The Morgan fingerprint density at radius 2 is 1.62 bits per heavy atom. The molecular weight excluding hydrogens is 482 g/mol. The number of methoxy groups -OCH3 is 2. The van der Waals surface area contributed by atoms with E-state index in [4.69, 9.17) is 14.2 Å². The molecular formula is C31H27NO4S. The fourth-order valence-corrected chi connectivity index (χ4v) is 6.23. The molecule has 0 saturated heterocycles. The summed E-state index contributed by atoms with van der Waals surface area (Å²) >= 11 is 1.71. The van der Waals surface area contributed by atoms with Crippen LogP contribution in [0.15, 0.2) is 95.5 Å². The second-order valence-electron chi connectivity index (χ2n) is 9.28. The summed E-state index contributed by atoms with van der Waals surface area (Å²) in [6.07, 6.45) is 1.28. The summed E-state index contributed by atoms with van der Waals surface area (Å²) in [4.78, 5) is 15.0. The number of rotatable bonds is 6. The lowest BCUT2D eigenvalue weighted by Gasteiger charge is -2.36. The van der Waals surface area contributed by atoms with E-state index in [1.807, 2.05) is 60.7 Å². The van der Waals surface area contributed by atoms with Gasteiger partial charge in [0.15, 0.2) is 17.3 Å². The number of para-hydroxylation sites is 1. The number of benzene rings is 3. The number of thiophene rings is 1. The second-order valence-corrected chi connectivity index (χ2v) is 10.3. The number of anilines is 1. The van der Waals surface area contributed by atoms with Crippen LogP contribution in [0.2, 0.25) is 0 Å². The average Bonchev–Trinajstić information content (AvgIpc) is 3.47. The predicted molar refractivity (Wildman–Crippen MR) is 146 cm³/mol. The van der Waals surface area contributed by atoms with E-state index >= 15 is 0 Å². The maximum absolute atomic E-state index is 13.8. The van der Waals surface area contributed by atoms with Crippen molar-refractivity contribution in [2.75, 3.05) is 19.5 Å². The third-order valence-corrected chi connectivity index (χ3v) is 8.10. The molecule has 2 heterocycles. The number of hydrogen-bond acceptors (Lipinski definition) is 6. The number of carbonyl (C=O) groups is 1. The Kier molecular flexibility index (Phi) is 6.18. The molecule has 186 valence electrons. The molecule has 37 heavy (non-hydrogen) atoms. The third kappa shape index (κ3) is 4.38. The molecule has 2 aliphatic rings. The van der Waals surface area contributed by atoms with Gasteiger partial charge in [-0.15, -0.1) is 11.3 Å². The summed E-state index contributed by atoms with van der Waals surface area (Å²) < 4.78 is 17.4. The van der Waals surface area contributed by atoms with E-state index < -0.39 is 0 Å². The van der Waals surface area contributed by atoms with E-state index in [0.29, 0.717) is 17.9 Å². The molecule has 3 aromatic carbocycles. The predicted octanol–water partition coefficient (Wildman–Crippen LogP) is 7.52. The standard InChI is InChI=1S/C31H27NO4S/c1-34-27-17-23-24(18-28(27)35-2)32-25-15-20(29-12-7-13-37-29)16-26(33)31(25)30(23)19-8-6-11-22(14-19)36-21-9-4-3-5-10-21/h3-14,17-18,20,30,32H,15-16H2,1-2H3/t20-,30+/m0/s1. The number of hydrogen-bond donors (Lipinski definition) is 1. The van der Waals surface area contributed by atoms with Gasteiger partial charge in [0.1, 0.15) is 11.5 Å². The third-order valence-electron chi connectivity index (χ3n) is 7.06. The highest BCUT2D eigenvalue weighted by molar-refractivity contribution is 7.10. The smallest absolute Gasteiger partial charge is 0.162 e. The first kappa shape index (κ1) is 23.4. The van der Waals surface area contributed by atoms with Gasteiger partial charge in [-0.05, 0) is 59.3 Å². The summed E-state index contributed by atoms with van der Waals surface area (Å²) in [6, 6.07) is 25.9. The zero-order valence-electron chi connectivity index (χ0n) is 20.7. The van der Waals surface area contributed by atoms with Crippen molar-refractivity contribution in [1.29, 1.82) is 0 Å². The molecule has 0 fully saturated rings. The molecule has 0 spiro atoms. The number of ketones is 1. The molecule has 0 unspecified atom stereocenters. The summed E-state index contributed by atoms with van der Waals surface area (Å²) in [5.74, 6) is 2.88. The highest BCUT2D eigenvalue weighted by Crippen LogP contribution is 2.51. The summed E-state index contributed by atoms with van der Waals surface area (Å²) in [5, 5.41) is 5.67. The van der Waals surface area contributed by atoms with Gasteiger partial charge in [0.25, 0.3) is 0 Å². The summed E-state index contributed by atoms with van der Waals surface area (Å²) in [6.45, 7) is 0. The van der Waals surface area contributed by atoms with Gasteiger partial charge in [0.2, 0.25) is 0 Å². The number of allylic oxidation sites excluding steroid dienone is 2. The Balaban J connectivity index is 1.47. The molecule has 0 radical (unpaired) electrons. The van der Waals surface area contributed by atoms with Crippen LogP contribution < -0.4 is 19.5 Å². The first-order chi connectivity index (χ1) is 18.1. The Morgan fingerprint density at radius 3 is 2.38 bits per heavy atom. The van der Waals surface area contributed by atoms with Crippen LogP contribution in [0, 0.1) is 0 Å². The fourth-order valence-electron chi connectivity index (χ4n) is 5.40. The van der Waals surface area contributed by atoms with Crippen LogP contribution in [0.3, 0.4) is 0 Å². The van der Waals surface area contributed by atoms with Crippen molar-refractivity contribution < 1.29 is 19.0 Å². The van der Waals surface area contributed by atoms with Crippen LogP contribution in [0.25, 0.3) is 0 Å². The van der Waals surface area contributed by atoms with Crippen LogP contribution in [0.1, 0.15) is 40.7 Å². The lowest BCUT2D eigenvalue weighted by molar-refractivity contribution is -0.116. The van der Waals surface area contributed by atoms with E-state index in [2.05, 4.69) is 28.9 Å². The van der Waals surface area contributed by atoms with Crippen LogP contribution in [0.4, 0.5) is 5.69 Å². The summed E-state index contributed by atoms with van der Waals surface area (Å²) in [7, 11) is 3.27. The van der Waals surface area contributed by atoms with Crippen LogP contribution in [0.5, 0.6) is 23.0 Å². The van der Waals surface area contributed by atoms with Crippen LogP contribution in [-0.2, 0) is 4.79 Å². The van der Waals surface area contributed by atoms with E-state index in [1.54, 1.807) is 25.6 Å². The van der Waals surface area contributed by atoms with Gasteiger partial charge >= 0.3 is 0 Å². The highest BCUT2D eigenvalue weighted by atomic mass is 32.1.